The first-order valence-electron chi connectivity index (χ1n) is 7.88. The minimum absolute atomic E-state index is 0.646. The van der Waals surface area contributed by atoms with Gasteiger partial charge in [-0.1, -0.05) is 46.3 Å². The van der Waals surface area contributed by atoms with Gasteiger partial charge in [0.1, 0.15) is 5.75 Å². The van der Waals surface area contributed by atoms with E-state index in [1.165, 1.54) is 11.1 Å². The molecule has 0 N–H and O–H groups in total. The minimum atomic E-state index is 0.646. The summed E-state index contributed by atoms with van der Waals surface area (Å²) in [6.07, 6.45) is 2.82. The van der Waals surface area contributed by atoms with Gasteiger partial charge in [0.15, 0.2) is 0 Å². The molecule has 0 aromatic heterocycles. The van der Waals surface area contributed by atoms with Gasteiger partial charge in [-0.2, -0.15) is 0 Å². The Bertz CT molecular complexity index is 575. The molecule has 0 aliphatic carbocycles. The molecule has 0 aliphatic heterocycles. The van der Waals surface area contributed by atoms with Crippen molar-refractivity contribution in [3.8, 4) is 5.75 Å². The zero-order chi connectivity index (χ0) is 16.3. The molecule has 0 spiro atoms. The molecular weight excluding hydrogens is 376 g/mol. The van der Waals surface area contributed by atoms with Gasteiger partial charge in [0.25, 0.3) is 0 Å². The first kappa shape index (κ1) is 18.3. The van der Waals surface area contributed by atoms with Crippen LogP contribution in [0.25, 0.3) is 0 Å². The van der Waals surface area contributed by atoms with Crippen molar-refractivity contribution in [2.24, 2.45) is 0 Å². The molecule has 0 atom stereocenters. The van der Waals surface area contributed by atoms with Crippen LogP contribution in [-0.4, -0.2) is 19.1 Å². The van der Waals surface area contributed by atoms with Gasteiger partial charge in [0.2, 0.25) is 0 Å². The molecule has 0 aliphatic rings. The molecule has 0 fully saturated rings. The fourth-order valence-corrected chi connectivity index (χ4v) is 2.80. The molecule has 0 saturated heterocycles. The SMILES string of the molecule is ClCCCCOc1ccc(Br)c(CCOCc2ccccc2)c1. The number of alkyl halides is 1. The molecular formula is C19H22BrClO2. The van der Waals surface area contributed by atoms with Crippen molar-refractivity contribution in [3.05, 3.63) is 64.1 Å². The van der Waals surface area contributed by atoms with Gasteiger partial charge in [-0.25, -0.2) is 0 Å². The largest absolute Gasteiger partial charge is 0.494 e. The third-order valence-electron chi connectivity index (χ3n) is 3.44. The van der Waals surface area contributed by atoms with Crippen molar-refractivity contribution in [3.63, 3.8) is 0 Å². The van der Waals surface area contributed by atoms with E-state index < -0.39 is 0 Å². The van der Waals surface area contributed by atoms with Crippen LogP contribution >= 0.6 is 27.5 Å². The van der Waals surface area contributed by atoms with Crippen LogP contribution in [0.4, 0.5) is 0 Å². The third kappa shape index (κ3) is 6.94. The molecule has 23 heavy (non-hydrogen) atoms. The van der Waals surface area contributed by atoms with Crippen LogP contribution in [0, 0.1) is 0 Å². The Hall–Kier alpha value is -1.03. The average Bonchev–Trinajstić information content (AvgIpc) is 2.59. The van der Waals surface area contributed by atoms with Crippen molar-refractivity contribution in [2.75, 3.05) is 19.1 Å². The van der Waals surface area contributed by atoms with Crippen molar-refractivity contribution >= 4 is 27.5 Å². The molecule has 0 saturated carbocycles. The summed E-state index contributed by atoms with van der Waals surface area (Å²) >= 11 is 9.26. The maximum absolute atomic E-state index is 5.76. The van der Waals surface area contributed by atoms with Crippen molar-refractivity contribution in [1.29, 1.82) is 0 Å². The highest BCUT2D eigenvalue weighted by atomic mass is 79.9. The van der Waals surface area contributed by atoms with E-state index in [9.17, 15) is 0 Å². The lowest BCUT2D eigenvalue weighted by atomic mass is 10.1. The zero-order valence-corrected chi connectivity index (χ0v) is 15.5. The Labute approximate surface area is 151 Å². The van der Waals surface area contributed by atoms with Gasteiger partial charge in [0, 0.05) is 10.4 Å². The number of hydrogen-bond acceptors (Lipinski definition) is 2. The van der Waals surface area contributed by atoms with E-state index in [4.69, 9.17) is 21.1 Å². The third-order valence-corrected chi connectivity index (χ3v) is 4.48. The van der Waals surface area contributed by atoms with E-state index in [1.54, 1.807) is 0 Å². The number of hydrogen-bond donors (Lipinski definition) is 0. The number of halogens is 2. The average molecular weight is 398 g/mol. The van der Waals surface area contributed by atoms with Crippen molar-refractivity contribution in [2.45, 2.75) is 25.9 Å². The summed E-state index contributed by atoms with van der Waals surface area (Å²) < 4.78 is 12.6. The summed E-state index contributed by atoms with van der Waals surface area (Å²) in [7, 11) is 0. The molecule has 2 nitrogen and oxygen atoms in total. The van der Waals surface area contributed by atoms with Crippen molar-refractivity contribution in [1.82, 2.24) is 0 Å². The summed E-state index contributed by atoms with van der Waals surface area (Å²) in [4.78, 5) is 0. The second-order valence-corrected chi connectivity index (χ2v) is 6.52. The zero-order valence-electron chi connectivity index (χ0n) is 13.1. The second kappa shape index (κ2) is 10.7. The highest BCUT2D eigenvalue weighted by molar-refractivity contribution is 9.10. The Morgan fingerprint density at radius 3 is 2.57 bits per heavy atom. The Morgan fingerprint density at radius 1 is 0.957 bits per heavy atom. The quantitative estimate of drug-likeness (QED) is 0.383. The lowest BCUT2D eigenvalue weighted by molar-refractivity contribution is 0.123. The molecule has 2 aromatic carbocycles. The molecule has 4 heteroatoms. The topological polar surface area (TPSA) is 18.5 Å². The van der Waals surface area contributed by atoms with Gasteiger partial charge < -0.3 is 9.47 Å². The lowest BCUT2D eigenvalue weighted by Gasteiger charge is -2.10. The summed E-state index contributed by atoms with van der Waals surface area (Å²) in [6.45, 7) is 2.04. The van der Waals surface area contributed by atoms with Crippen LogP contribution in [0.2, 0.25) is 0 Å². The molecule has 124 valence electrons. The van der Waals surface area contributed by atoms with Gasteiger partial charge in [-0.05, 0) is 48.6 Å². The van der Waals surface area contributed by atoms with Gasteiger partial charge >= 0.3 is 0 Å². The molecule has 0 heterocycles. The molecule has 2 aromatic rings. The maximum Gasteiger partial charge on any atom is 0.119 e. The smallest absolute Gasteiger partial charge is 0.119 e. The van der Waals surface area contributed by atoms with E-state index in [0.29, 0.717) is 25.7 Å². The number of rotatable bonds is 10. The van der Waals surface area contributed by atoms with E-state index >= 15 is 0 Å². The standard InChI is InChI=1S/C19H22BrClO2/c20-19-9-8-18(23-12-5-4-11-21)14-17(19)10-13-22-15-16-6-2-1-3-7-16/h1-3,6-9,14H,4-5,10-13,15H2. The Kier molecular flexibility index (Phi) is 8.51. The summed E-state index contributed by atoms with van der Waals surface area (Å²) in [5.74, 6) is 1.59. The fourth-order valence-electron chi connectivity index (χ4n) is 2.17. The lowest BCUT2D eigenvalue weighted by Crippen LogP contribution is -2.02. The van der Waals surface area contributed by atoms with Gasteiger partial charge in [-0.3, -0.25) is 0 Å². The summed E-state index contributed by atoms with van der Waals surface area (Å²) in [5, 5.41) is 0. The highest BCUT2D eigenvalue weighted by Crippen LogP contribution is 2.23. The van der Waals surface area contributed by atoms with Crippen LogP contribution in [0.15, 0.2) is 53.0 Å². The minimum Gasteiger partial charge on any atom is -0.494 e. The van der Waals surface area contributed by atoms with Crippen LogP contribution in [0.3, 0.4) is 0 Å². The second-order valence-electron chi connectivity index (χ2n) is 5.29. The molecule has 0 radical (unpaired) electrons. The first-order valence-corrected chi connectivity index (χ1v) is 9.21. The predicted molar refractivity (Wildman–Crippen MR) is 99.4 cm³/mol. The number of unbranched alkanes of at least 4 members (excludes halogenated alkanes) is 1. The van der Waals surface area contributed by atoms with Crippen LogP contribution < -0.4 is 4.74 Å². The van der Waals surface area contributed by atoms with E-state index in [-0.39, 0.29) is 0 Å². The normalized spacial score (nSPS) is 10.7. The maximum atomic E-state index is 5.76. The highest BCUT2D eigenvalue weighted by Gasteiger charge is 2.03. The van der Waals surface area contributed by atoms with Gasteiger partial charge in [-0.15, -0.1) is 11.6 Å². The van der Waals surface area contributed by atoms with E-state index in [0.717, 1.165) is 29.5 Å². The summed E-state index contributed by atoms with van der Waals surface area (Å²) in [5.41, 5.74) is 2.40. The van der Waals surface area contributed by atoms with Crippen LogP contribution in [0.1, 0.15) is 24.0 Å². The fraction of sp³-hybridized carbons (Fsp3) is 0.368. The Morgan fingerprint density at radius 2 is 1.78 bits per heavy atom. The van der Waals surface area contributed by atoms with Crippen LogP contribution in [-0.2, 0) is 17.8 Å². The molecule has 0 amide bonds. The first-order chi connectivity index (χ1) is 11.3. The molecule has 0 bridgehead atoms. The van der Waals surface area contributed by atoms with Crippen molar-refractivity contribution < 1.29 is 9.47 Å². The van der Waals surface area contributed by atoms with E-state index in [2.05, 4.69) is 34.1 Å². The van der Waals surface area contributed by atoms with Gasteiger partial charge in [0.05, 0.1) is 19.8 Å². The molecule has 2 rings (SSSR count). The monoisotopic (exact) mass is 396 g/mol. The van der Waals surface area contributed by atoms with E-state index in [1.807, 2.05) is 30.3 Å². The Balaban J connectivity index is 1.77. The number of benzene rings is 2. The van der Waals surface area contributed by atoms with Crippen LogP contribution in [0.5, 0.6) is 5.75 Å². The molecule has 0 unspecified atom stereocenters. The summed E-state index contributed by atoms with van der Waals surface area (Å²) in [6, 6.07) is 16.3. The predicted octanol–water partition coefficient (Wildman–Crippen LogP) is 5.61. The number of ether oxygens (including phenoxy) is 2.